The number of hydrogen-bond donors (Lipinski definition) is 2. The summed E-state index contributed by atoms with van der Waals surface area (Å²) in [5.41, 5.74) is 3.67. The zero-order valence-electron chi connectivity index (χ0n) is 31.7. The number of carbonyl (C=O) groups is 2. The van der Waals surface area contributed by atoms with Crippen molar-refractivity contribution in [2.75, 3.05) is 6.54 Å². The largest absolute Gasteiger partial charge is 0.514 e. The molecule has 0 aliphatic rings. The summed E-state index contributed by atoms with van der Waals surface area (Å²) in [7, 11) is 0. The summed E-state index contributed by atoms with van der Waals surface area (Å²) in [4.78, 5) is 36.0. The molecule has 0 amide bonds. The topological polar surface area (TPSA) is 156 Å². The van der Waals surface area contributed by atoms with Crippen LogP contribution in [0.2, 0.25) is 0 Å². The lowest BCUT2D eigenvalue weighted by molar-refractivity contribution is -0.386. The van der Waals surface area contributed by atoms with Gasteiger partial charge in [0.1, 0.15) is 18.1 Å². The second-order valence-corrected chi connectivity index (χ2v) is 13.6. The Morgan fingerprint density at radius 1 is 0.679 bits per heavy atom. The second-order valence-electron chi connectivity index (χ2n) is 13.6. The van der Waals surface area contributed by atoms with E-state index in [-0.39, 0.29) is 48.8 Å². The number of nitrogens with one attached hydrogen (secondary N) is 1. The maximum absolute atomic E-state index is 12.2. The zero-order chi connectivity index (χ0) is 40.0. The first-order valence-electron chi connectivity index (χ1n) is 18.3. The Labute approximate surface area is 326 Å². The zero-order valence-corrected chi connectivity index (χ0v) is 31.7. The minimum atomic E-state index is -1.12. The molecule has 0 saturated heterocycles. The third-order valence-corrected chi connectivity index (χ3v) is 8.62. The van der Waals surface area contributed by atoms with Gasteiger partial charge in [-0.3, -0.25) is 10.1 Å². The standard InChI is InChI=1S/C44H46N2O10/c1-29(2)53-43(48)55-36-20-15-33(16-21-36)42(34-17-22-37(23-18-34)56-44(49)54-30(3)4)38(25-31-11-7-5-8-12-31)45-27-40(47)35-19-24-41(39(26-35)46(50)51)52-28-32-13-9-6-10-14-32/h5-24,26,29-30,38,40,42,45,47H,25,27-28H2,1-4H3/t38?,40-/m0/s1. The number of ether oxygens (including phenoxy) is 5. The molecule has 0 heterocycles. The Balaban J connectivity index is 1.44. The van der Waals surface area contributed by atoms with E-state index < -0.39 is 23.3 Å². The van der Waals surface area contributed by atoms with E-state index in [9.17, 15) is 24.8 Å². The smallest absolute Gasteiger partial charge is 0.482 e. The summed E-state index contributed by atoms with van der Waals surface area (Å²) < 4.78 is 26.8. The maximum Gasteiger partial charge on any atom is 0.514 e. The summed E-state index contributed by atoms with van der Waals surface area (Å²) in [5, 5.41) is 27.1. The fraction of sp³-hybridized carbons (Fsp3) is 0.273. The van der Waals surface area contributed by atoms with E-state index in [0.717, 1.165) is 22.3 Å². The average molecular weight is 763 g/mol. The van der Waals surface area contributed by atoms with Crippen molar-refractivity contribution in [1.29, 1.82) is 0 Å². The van der Waals surface area contributed by atoms with Crippen LogP contribution in [-0.2, 0) is 22.5 Å². The fourth-order valence-corrected chi connectivity index (χ4v) is 6.07. The molecule has 56 heavy (non-hydrogen) atoms. The number of nitrogens with zero attached hydrogens (tertiary/aromatic N) is 1. The van der Waals surface area contributed by atoms with Crippen LogP contribution in [0.25, 0.3) is 0 Å². The molecule has 0 saturated carbocycles. The molecule has 1 unspecified atom stereocenters. The van der Waals surface area contributed by atoms with Crippen LogP contribution in [0.1, 0.15) is 67.5 Å². The Hall–Kier alpha value is -6.24. The molecule has 0 bridgehead atoms. The number of benzene rings is 5. The second kappa shape index (κ2) is 19.9. The minimum absolute atomic E-state index is 0.0415. The summed E-state index contributed by atoms with van der Waals surface area (Å²) in [6.07, 6.45) is -2.93. The van der Waals surface area contributed by atoms with Gasteiger partial charge >= 0.3 is 18.0 Å². The molecule has 12 heteroatoms. The molecule has 0 aliphatic heterocycles. The molecular weight excluding hydrogens is 716 g/mol. The van der Waals surface area contributed by atoms with Crippen molar-refractivity contribution >= 4 is 18.0 Å². The van der Waals surface area contributed by atoms with E-state index in [1.165, 1.54) is 12.1 Å². The first-order chi connectivity index (χ1) is 26.9. The van der Waals surface area contributed by atoms with Crippen LogP contribution in [0, 0.1) is 10.1 Å². The molecule has 0 aliphatic carbocycles. The van der Waals surface area contributed by atoms with Gasteiger partial charge in [0, 0.05) is 24.6 Å². The van der Waals surface area contributed by atoms with Crippen LogP contribution in [0.4, 0.5) is 15.3 Å². The van der Waals surface area contributed by atoms with Crippen molar-refractivity contribution in [3.05, 3.63) is 165 Å². The number of hydrogen-bond acceptors (Lipinski definition) is 11. The molecule has 0 radical (unpaired) electrons. The third-order valence-electron chi connectivity index (χ3n) is 8.62. The van der Waals surface area contributed by atoms with Gasteiger partial charge in [0.25, 0.3) is 0 Å². The number of nitro groups is 1. The molecule has 2 N–H and O–H groups in total. The van der Waals surface area contributed by atoms with Gasteiger partial charge in [0.15, 0.2) is 5.75 Å². The van der Waals surface area contributed by atoms with Gasteiger partial charge in [0.05, 0.1) is 23.2 Å². The lowest BCUT2D eigenvalue weighted by atomic mass is 9.82. The van der Waals surface area contributed by atoms with Crippen molar-refractivity contribution in [2.24, 2.45) is 0 Å². The predicted molar refractivity (Wildman–Crippen MR) is 210 cm³/mol. The van der Waals surface area contributed by atoms with Crippen LogP contribution >= 0.6 is 0 Å². The average Bonchev–Trinajstić information content (AvgIpc) is 3.17. The Bertz CT molecular complexity index is 1950. The van der Waals surface area contributed by atoms with E-state index in [2.05, 4.69) is 5.32 Å². The van der Waals surface area contributed by atoms with Crippen molar-refractivity contribution < 1.29 is 43.3 Å². The molecule has 5 aromatic carbocycles. The number of aliphatic hydroxyl groups excluding tert-OH is 1. The Kier molecular flexibility index (Phi) is 14.5. The molecule has 2 atom stereocenters. The highest BCUT2D eigenvalue weighted by molar-refractivity contribution is 5.64. The normalized spacial score (nSPS) is 12.2. The van der Waals surface area contributed by atoms with E-state index in [4.69, 9.17) is 23.7 Å². The van der Waals surface area contributed by atoms with Crippen molar-refractivity contribution in [3.8, 4) is 17.2 Å². The van der Waals surface area contributed by atoms with Crippen LogP contribution < -0.4 is 19.5 Å². The van der Waals surface area contributed by atoms with Crippen molar-refractivity contribution in [3.63, 3.8) is 0 Å². The fourth-order valence-electron chi connectivity index (χ4n) is 6.07. The van der Waals surface area contributed by atoms with Crippen LogP contribution in [0.3, 0.4) is 0 Å². The number of aliphatic hydroxyl groups is 1. The van der Waals surface area contributed by atoms with Crippen molar-refractivity contribution in [2.45, 2.75) is 71.0 Å². The first-order valence-corrected chi connectivity index (χ1v) is 18.3. The molecule has 0 fully saturated rings. The van der Waals surface area contributed by atoms with Crippen LogP contribution in [-0.4, -0.2) is 47.1 Å². The lowest BCUT2D eigenvalue weighted by Gasteiger charge is -2.31. The monoisotopic (exact) mass is 762 g/mol. The number of carbonyl (C=O) groups excluding carboxylic acids is 2. The third kappa shape index (κ3) is 12.1. The minimum Gasteiger partial charge on any atom is -0.482 e. The number of nitro benzene ring substituents is 1. The molecule has 292 valence electrons. The molecule has 0 spiro atoms. The molecule has 5 rings (SSSR count). The Morgan fingerprint density at radius 2 is 1.16 bits per heavy atom. The van der Waals surface area contributed by atoms with Crippen molar-refractivity contribution in [1.82, 2.24) is 5.32 Å². The van der Waals surface area contributed by atoms with E-state index in [1.807, 2.05) is 84.9 Å². The highest BCUT2D eigenvalue weighted by Crippen LogP contribution is 2.34. The molecule has 12 nitrogen and oxygen atoms in total. The Morgan fingerprint density at radius 3 is 1.64 bits per heavy atom. The molecule has 0 aromatic heterocycles. The highest BCUT2D eigenvalue weighted by Gasteiger charge is 2.28. The number of rotatable bonds is 17. The van der Waals surface area contributed by atoms with Gasteiger partial charge < -0.3 is 34.1 Å². The maximum atomic E-state index is 12.2. The predicted octanol–water partition coefficient (Wildman–Crippen LogP) is 9.09. The van der Waals surface area contributed by atoms with Gasteiger partial charge in [-0.1, -0.05) is 91.0 Å². The van der Waals surface area contributed by atoms with Gasteiger partial charge in [-0.25, -0.2) is 9.59 Å². The van der Waals surface area contributed by atoms with Gasteiger partial charge in [0.2, 0.25) is 0 Å². The summed E-state index contributed by atoms with van der Waals surface area (Å²) in [5.74, 6) is 0.330. The molecular formula is C44H46N2O10. The lowest BCUT2D eigenvalue weighted by Crippen LogP contribution is -2.39. The van der Waals surface area contributed by atoms with Gasteiger partial charge in [-0.05, 0) is 92.3 Å². The first kappa shape index (κ1) is 40.9. The summed E-state index contributed by atoms with van der Waals surface area (Å²) >= 11 is 0. The quantitative estimate of drug-likeness (QED) is 0.0403. The van der Waals surface area contributed by atoms with Crippen LogP contribution in [0.5, 0.6) is 17.2 Å². The van der Waals surface area contributed by atoms with E-state index in [1.54, 1.807) is 58.0 Å². The van der Waals surface area contributed by atoms with Gasteiger partial charge in [-0.15, -0.1) is 0 Å². The summed E-state index contributed by atoms with van der Waals surface area (Å²) in [6.45, 7) is 7.11. The highest BCUT2D eigenvalue weighted by atomic mass is 16.7. The van der Waals surface area contributed by atoms with E-state index in [0.29, 0.717) is 23.5 Å². The van der Waals surface area contributed by atoms with Crippen LogP contribution in [0.15, 0.2) is 127 Å². The summed E-state index contributed by atoms with van der Waals surface area (Å²) in [6, 6.07) is 37.4. The van der Waals surface area contributed by atoms with E-state index >= 15 is 0 Å². The molecule has 5 aromatic rings. The SMILES string of the molecule is CC(C)OC(=O)Oc1ccc(C(c2ccc(OC(=O)OC(C)C)cc2)C(Cc2ccccc2)NC[C@H](O)c2ccc(OCc3ccccc3)c([N+](=O)[O-])c2)cc1. The van der Waals surface area contributed by atoms with Gasteiger partial charge in [-0.2, -0.15) is 0 Å².